The summed E-state index contributed by atoms with van der Waals surface area (Å²) in [5, 5.41) is 7.51. The molecule has 6 aromatic rings. The minimum Gasteiger partial charge on any atom is -0.493 e. The summed E-state index contributed by atoms with van der Waals surface area (Å²) >= 11 is 0. The molecule has 4 atom stereocenters. The van der Waals surface area contributed by atoms with Crippen LogP contribution in [0.2, 0.25) is 0 Å². The van der Waals surface area contributed by atoms with E-state index in [-0.39, 0.29) is 32.7 Å². The lowest BCUT2D eigenvalue weighted by atomic mass is 9.88. The molecule has 2 N–H and O–H groups in total. The van der Waals surface area contributed by atoms with Gasteiger partial charge >= 0.3 is 24.4 Å². The summed E-state index contributed by atoms with van der Waals surface area (Å²) in [6.45, 7) is -0.740. The number of aromatic nitrogens is 4. The third-order valence-corrected chi connectivity index (χ3v) is 12.0. The number of piperidine rings is 2. The van der Waals surface area contributed by atoms with Crippen LogP contribution < -0.4 is 29.6 Å². The van der Waals surface area contributed by atoms with E-state index >= 15 is 0 Å². The third-order valence-electron chi connectivity index (χ3n) is 12.0. The number of hydrogen-bond acceptors (Lipinski definition) is 10. The largest absolute Gasteiger partial charge is 0.493 e. The van der Waals surface area contributed by atoms with Gasteiger partial charge < -0.3 is 29.6 Å². The first-order valence-corrected chi connectivity index (χ1v) is 22.8. The maximum absolute atomic E-state index is 12.3. The second-order valence-electron chi connectivity index (χ2n) is 16.9. The number of ether oxygens (including phenoxy) is 4. The van der Waals surface area contributed by atoms with Crippen LogP contribution in [0.5, 0.6) is 23.5 Å². The molecule has 2 fully saturated rings. The van der Waals surface area contributed by atoms with Crippen molar-refractivity contribution < 1.29 is 45.3 Å². The smallest absolute Gasteiger partial charge is 0.392 e. The Morgan fingerprint density at radius 1 is 0.507 bits per heavy atom. The van der Waals surface area contributed by atoms with Gasteiger partial charge in [0, 0.05) is 60.1 Å². The van der Waals surface area contributed by atoms with Gasteiger partial charge in [0.2, 0.25) is 0 Å². The van der Waals surface area contributed by atoms with Crippen LogP contribution in [0, 0.1) is 0 Å². The minimum absolute atomic E-state index is 0. The molecule has 4 aromatic carbocycles. The SMILES string of the molecule is C.COc1ncc(-c2ccccc2CC2CCCC(c3ccc(OCCC(F)(F)F)cc3)N2)cn1.COc1ncc(-c2ccccc2CC2CCCC(c3ccc(OCCC(F)(F)F)cc3)N2)cn1. The predicted molar refractivity (Wildman–Crippen MR) is 254 cm³/mol. The van der Waals surface area contributed by atoms with E-state index in [2.05, 4.69) is 54.8 Å². The van der Waals surface area contributed by atoms with Gasteiger partial charge in [-0.2, -0.15) is 26.3 Å². The summed E-state index contributed by atoms with van der Waals surface area (Å²) < 4.78 is 94.5. The molecule has 4 unspecified atom stereocenters. The van der Waals surface area contributed by atoms with Crippen LogP contribution in [0.1, 0.15) is 93.1 Å². The fourth-order valence-corrected chi connectivity index (χ4v) is 8.66. The molecule has 368 valence electrons. The lowest BCUT2D eigenvalue weighted by Crippen LogP contribution is -2.38. The van der Waals surface area contributed by atoms with Crippen molar-refractivity contribution in [2.24, 2.45) is 0 Å². The van der Waals surface area contributed by atoms with E-state index in [0.29, 0.717) is 35.6 Å². The fourth-order valence-electron chi connectivity index (χ4n) is 8.66. The molecular formula is C53H60F6N6O4. The molecule has 0 radical (unpaired) electrons. The Labute approximate surface area is 400 Å². The number of halogens is 6. The second-order valence-corrected chi connectivity index (χ2v) is 16.9. The summed E-state index contributed by atoms with van der Waals surface area (Å²) in [7, 11) is 3.09. The molecule has 0 bridgehead atoms. The fraction of sp³-hybridized carbons (Fsp3) is 0.396. The lowest BCUT2D eigenvalue weighted by molar-refractivity contribution is -0.140. The summed E-state index contributed by atoms with van der Waals surface area (Å²) in [5.41, 5.74) is 8.79. The summed E-state index contributed by atoms with van der Waals surface area (Å²) in [6, 6.07) is 33.0. The average Bonchev–Trinajstić information content (AvgIpc) is 3.34. The molecule has 4 heterocycles. The van der Waals surface area contributed by atoms with Crippen molar-refractivity contribution in [1.29, 1.82) is 0 Å². The standard InChI is InChI=1S/2C26H28F3N3O2.CH4/c2*1-33-25-30-16-20(17-31-25)23-7-3-2-5-19(23)15-21-6-4-8-24(32-21)18-9-11-22(12-10-18)34-14-13-26(27,28)29;/h2*2-3,5,7,9-12,16-17,21,24,32H,4,6,8,13-15H2,1H3;1H4. The Morgan fingerprint density at radius 3 is 1.22 bits per heavy atom. The number of nitrogens with zero attached hydrogens (tertiary/aromatic N) is 4. The van der Waals surface area contributed by atoms with Crippen LogP contribution in [-0.2, 0) is 12.8 Å². The van der Waals surface area contributed by atoms with E-state index in [9.17, 15) is 26.3 Å². The van der Waals surface area contributed by atoms with Crippen LogP contribution in [0.4, 0.5) is 26.3 Å². The third kappa shape index (κ3) is 15.9. The first-order valence-electron chi connectivity index (χ1n) is 22.8. The second kappa shape index (κ2) is 24.9. The van der Waals surface area contributed by atoms with Gasteiger partial charge in [-0.3, -0.25) is 0 Å². The molecule has 2 aliphatic heterocycles. The zero-order valence-electron chi connectivity index (χ0n) is 38.0. The van der Waals surface area contributed by atoms with Crippen LogP contribution in [-0.4, -0.2) is 71.8 Å². The van der Waals surface area contributed by atoms with Crippen molar-refractivity contribution in [2.75, 3.05) is 27.4 Å². The zero-order chi connectivity index (χ0) is 47.9. The van der Waals surface area contributed by atoms with Gasteiger partial charge in [-0.15, -0.1) is 0 Å². The first-order chi connectivity index (χ1) is 32.8. The van der Waals surface area contributed by atoms with E-state index in [0.717, 1.165) is 84.7 Å². The van der Waals surface area contributed by atoms with Crippen molar-refractivity contribution in [3.8, 4) is 45.8 Å². The van der Waals surface area contributed by atoms with Crippen molar-refractivity contribution >= 4 is 0 Å². The Kier molecular flexibility index (Phi) is 18.8. The Morgan fingerprint density at radius 2 is 0.870 bits per heavy atom. The lowest BCUT2D eigenvalue weighted by Gasteiger charge is -2.32. The molecule has 69 heavy (non-hydrogen) atoms. The van der Waals surface area contributed by atoms with Crippen LogP contribution >= 0.6 is 0 Å². The highest BCUT2D eigenvalue weighted by Crippen LogP contribution is 2.33. The Balaban J connectivity index is 0.000000224. The maximum atomic E-state index is 12.3. The van der Waals surface area contributed by atoms with Crippen LogP contribution in [0.15, 0.2) is 122 Å². The molecule has 0 saturated carbocycles. The number of methoxy groups -OCH3 is 2. The highest BCUT2D eigenvalue weighted by Gasteiger charge is 2.29. The van der Waals surface area contributed by atoms with Gasteiger partial charge in [0.15, 0.2) is 0 Å². The van der Waals surface area contributed by atoms with Gasteiger partial charge in [-0.05, 0) is 109 Å². The Hall–Kier alpha value is -6.26. The van der Waals surface area contributed by atoms with Crippen LogP contribution in [0.3, 0.4) is 0 Å². The minimum atomic E-state index is -4.21. The number of nitrogens with one attached hydrogen (secondary N) is 2. The van der Waals surface area contributed by atoms with E-state index in [1.165, 1.54) is 11.1 Å². The monoisotopic (exact) mass is 958 g/mol. The van der Waals surface area contributed by atoms with Gasteiger partial charge in [0.1, 0.15) is 11.5 Å². The normalized spacial score (nSPS) is 18.2. The molecule has 0 spiro atoms. The molecule has 8 rings (SSSR count). The summed E-state index contributed by atoms with van der Waals surface area (Å²) in [5.74, 6) is 0.909. The van der Waals surface area contributed by atoms with Crippen LogP contribution in [0.25, 0.3) is 22.3 Å². The summed E-state index contributed by atoms with van der Waals surface area (Å²) in [4.78, 5) is 16.9. The molecular weight excluding hydrogens is 899 g/mol. The topological polar surface area (TPSA) is 113 Å². The highest BCUT2D eigenvalue weighted by molar-refractivity contribution is 5.67. The van der Waals surface area contributed by atoms with Crippen molar-refractivity contribution in [3.63, 3.8) is 0 Å². The number of hydrogen-bond donors (Lipinski definition) is 2. The van der Waals surface area contributed by atoms with E-state index < -0.39 is 25.2 Å². The van der Waals surface area contributed by atoms with Crippen molar-refractivity contribution in [2.45, 2.75) is 108 Å². The van der Waals surface area contributed by atoms with Crippen molar-refractivity contribution in [3.05, 3.63) is 144 Å². The average molecular weight is 959 g/mol. The number of alkyl halides is 6. The summed E-state index contributed by atoms with van der Waals surface area (Å²) in [6.07, 6.45) is 4.90. The quantitative estimate of drug-likeness (QED) is 0.0910. The molecule has 10 nitrogen and oxygen atoms in total. The van der Waals surface area contributed by atoms with Gasteiger partial charge in [0.05, 0.1) is 40.3 Å². The first kappa shape index (κ1) is 52.1. The molecule has 2 saturated heterocycles. The zero-order valence-corrected chi connectivity index (χ0v) is 38.0. The maximum Gasteiger partial charge on any atom is 0.392 e. The highest BCUT2D eigenvalue weighted by atomic mass is 19.4. The molecule has 2 aliphatic rings. The van der Waals surface area contributed by atoms with E-state index in [1.807, 2.05) is 48.5 Å². The van der Waals surface area contributed by atoms with Gasteiger partial charge in [0.25, 0.3) is 0 Å². The van der Waals surface area contributed by atoms with E-state index in [1.54, 1.807) is 63.3 Å². The predicted octanol–water partition coefficient (Wildman–Crippen LogP) is 12.5. The molecule has 0 amide bonds. The van der Waals surface area contributed by atoms with Gasteiger partial charge in [-0.25, -0.2) is 19.9 Å². The van der Waals surface area contributed by atoms with Crippen molar-refractivity contribution in [1.82, 2.24) is 30.6 Å². The number of benzene rings is 4. The molecule has 16 heteroatoms. The van der Waals surface area contributed by atoms with Gasteiger partial charge in [-0.1, -0.05) is 80.2 Å². The number of rotatable bonds is 16. The molecule has 0 aliphatic carbocycles. The molecule has 2 aromatic heterocycles. The van der Waals surface area contributed by atoms with E-state index in [4.69, 9.17) is 18.9 Å². The Bertz CT molecular complexity index is 2290.